The molecule has 2 rings (SSSR count). The second-order valence-electron chi connectivity index (χ2n) is 4.20. The third-order valence-electron chi connectivity index (χ3n) is 2.88. The van der Waals surface area contributed by atoms with E-state index in [-0.39, 0.29) is 22.7 Å². The molecule has 22 heavy (non-hydrogen) atoms. The Hall–Kier alpha value is -2.09. The van der Waals surface area contributed by atoms with Gasteiger partial charge in [0.1, 0.15) is 0 Å². The highest BCUT2D eigenvalue weighted by Gasteiger charge is 2.25. The standard InChI is InChI=1S/C14H11BrF2N2O3/c1-21-9-6-10(22-2)13(17)11(12(9)16)8(20)5-7-3-4-18-14(15)19-7/h3-4,6H,5H2,1-2H3. The van der Waals surface area contributed by atoms with E-state index >= 15 is 0 Å². The van der Waals surface area contributed by atoms with Crippen LogP contribution in [0.3, 0.4) is 0 Å². The largest absolute Gasteiger partial charge is 0.494 e. The normalized spacial score (nSPS) is 10.4. The summed E-state index contributed by atoms with van der Waals surface area (Å²) in [6, 6.07) is 2.53. The lowest BCUT2D eigenvalue weighted by Gasteiger charge is -2.11. The first-order chi connectivity index (χ1) is 10.5. The maximum Gasteiger partial charge on any atom is 0.196 e. The molecule has 0 saturated carbocycles. The summed E-state index contributed by atoms with van der Waals surface area (Å²) in [5, 5.41) is 0. The van der Waals surface area contributed by atoms with E-state index in [1.54, 1.807) is 0 Å². The van der Waals surface area contributed by atoms with Crippen molar-refractivity contribution < 1.29 is 23.0 Å². The summed E-state index contributed by atoms with van der Waals surface area (Å²) >= 11 is 3.06. The predicted molar refractivity (Wildman–Crippen MR) is 77.2 cm³/mol. The van der Waals surface area contributed by atoms with Crippen LogP contribution >= 0.6 is 15.9 Å². The van der Waals surface area contributed by atoms with Crippen molar-refractivity contribution in [1.29, 1.82) is 0 Å². The van der Waals surface area contributed by atoms with Crippen LogP contribution < -0.4 is 9.47 Å². The molecule has 0 fully saturated rings. The highest BCUT2D eigenvalue weighted by molar-refractivity contribution is 9.10. The first-order valence-electron chi connectivity index (χ1n) is 6.08. The maximum absolute atomic E-state index is 14.2. The smallest absolute Gasteiger partial charge is 0.196 e. The average Bonchev–Trinajstić information content (AvgIpc) is 2.47. The molecule has 1 heterocycles. The highest BCUT2D eigenvalue weighted by atomic mass is 79.9. The molecule has 0 atom stereocenters. The molecule has 0 bridgehead atoms. The van der Waals surface area contributed by atoms with Gasteiger partial charge in [-0.05, 0) is 22.0 Å². The second-order valence-corrected chi connectivity index (χ2v) is 4.91. The van der Waals surface area contributed by atoms with Gasteiger partial charge in [-0.1, -0.05) is 0 Å². The van der Waals surface area contributed by atoms with E-state index < -0.39 is 23.0 Å². The number of halogens is 3. The van der Waals surface area contributed by atoms with E-state index in [9.17, 15) is 13.6 Å². The number of ether oxygens (including phenoxy) is 2. The Kier molecular flexibility index (Phi) is 5.02. The van der Waals surface area contributed by atoms with Crippen LogP contribution in [0, 0.1) is 11.6 Å². The van der Waals surface area contributed by atoms with Crippen molar-refractivity contribution >= 4 is 21.7 Å². The molecule has 116 valence electrons. The van der Waals surface area contributed by atoms with Crippen LogP contribution in [-0.4, -0.2) is 30.0 Å². The zero-order valence-electron chi connectivity index (χ0n) is 11.7. The zero-order valence-corrected chi connectivity index (χ0v) is 13.3. The molecule has 0 aliphatic rings. The molecule has 0 aliphatic carbocycles. The molecule has 0 radical (unpaired) electrons. The minimum absolute atomic E-state index is 0.273. The molecule has 0 aliphatic heterocycles. The van der Waals surface area contributed by atoms with Crippen molar-refractivity contribution in [3.05, 3.63) is 46.0 Å². The van der Waals surface area contributed by atoms with Crippen LogP contribution in [-0.2, 0) is 6.42 Å². The van der Waals surface area contributed by atoms with Gasteiger partial charge in [0, 0.05) is 12.3 Å². The van der Waals surface area contributed by atoms with Crippen LogP contribution in [0.1, 0.15) is 16.1 Å². The summed E-state index contributed by atoms with van der Waals surface area (Å²) in [5.74, 6) is -3.47. The molecule has 0 amide bonds. The van der Waals surface area contributed by atoms with Gasteiger partial charge >= 0.3 is 0 Å². The Balaban J connectivity index is 2.44. The fourth-order valence-electron chi connectivity index (χ4n) is 1.85. The van der Waals surface area contributed by atoms with E-state index in [1.165, 1.54) is 26.5 Å². The Morgan fingerprint density at radius 3 is 2.32 bits per heavy atom. The Morgan fingerprint density at radius 2 is 1.82 bits per heavy atom. The Morgan fingerprint density at radius 1 is 1.23 bits per heavy atom. The van der Waals surface area contributed by atoms with E-state index in [0.29, 0.717) is 5.69 Å². The van der Waals surface area contributed by atoms with Gasteiger partial charge in [-0.15, -0.1) is 0 Å². The minimum Gasteiger partial charge on any atom is -0.494 e. The van der Waals surface area contributed by atoms with Crippen LogP contribution in [0.4, 0.5) is 8.78 Å². The number of carbonyl (C=O) groups is 1. The van der Waals surface area contributed by atoms with Crippen molar-refractivity contribution in [2.45, 2.75) is 6.42 Å². The van der Waals surface area contributed by atoms with Crippen molar-refractivity contribution in [3.8, 4) is 11.5 Å². The van der Waals surface area contributed by atoms with Gasteiger partial charge in [0.2, 0.25) is 0 Å². The lowest BCUT2D eigenvalue weighted by molar-refractivity contribution is 0.0982. The predicted octanol–water partition coefficient (Wildman–Crippen LogP) is 2.96. The van der Waals surface area contributed by atoms with Crippen molar-refractivity contribution in [3.63, 3.8) is 0 Å². The zero-order chi connectivity index (χ0) is 16.3. The van der Waals surface area contributed by atoms with Crippen molar-refractivity contribution in [1.82, 2.24) is 9.97 Å². The van der Waals surface area contributed by atoms with Crippen LogP contribution in [0.25, 0.3) is 0 Å². The summed E-state index contributed by atoms with van der Waals surface area (Å²) in [6.07, 6.45) is 1.14. The molecule has 8 heteroatoms. The maximum atomic E-state index is 14.2. The molecule has 5 nitrogen and oxygen atoms in total. The van der Waals surface area contributed by atoms with Gasteiger partial charge in [-0.2, -0.15) is 0 Å². The molecular weight excluding hydrogens is 362 g/mol. The number of nitrogens with zero attached hydrogens (tertiary/aromatic N) is 2. The Labute approximate surface area is 133 Å². The van der Waals surface area contributed by atoms with Gasteiger partial charge in [0.25, 0.3) is 0 Å². The number of methoxy groups -OCH3 is 2. The molecule has 0 spiro atoms. The topological polar surface area (TPSA) is 61.3 Å². The monoisotopic (exact) mass is 372 g/mol. The minimum atomic E-state index is -1.07. The van der Waals surface area contributed by atoms with Gasteiger partial charge in [0.05, 0.1) is 31.9 Å². The fourth-order valence-corrected chi connectivity index (χ4v) is 2.20. The van der Waals surface area contributed by atoms with Crippen LogP contribution in [0.5, 0.6) is 11.5 Å². The third kappa shape index (κ3) is 3.22. The van der Waals surface area contributed by atoms with E-state index in [0.717, 1.165) is 6.07 Å². The van der Waals surface area contributed by atoms with Crippen LogP contribution in [0.2, 0.25) is 0 Å². The Bertz CT molecular complexity index is 697. The molecule has 1 aromatic heterocycles. The number of Topliss-reactive ketones (excluding diaryl/α,β-unsaturated/α-hetero) is 1. The van der Waals surface area contributed by atoms with Gasteiger partial charge < -0.3 is 9.47 Å². The number of carbonyl (C=O) groups excluding carboxylic acids is 1. The lowest BCUT2D eigenvalue weighted by Crippen LogP contribution is -2.12. The number of hydrogen-bond donors (Lipinski definition) is 0. The molecule has 0 saturated heterocycles. The summed E-state index contributed by atoms with van der Waals surface area (Å²) in [6.45, 7) is 0. The molecule has 2 aromatic rings. The quantitative estimate of drug-likeness (QED) is 0.596. The summed E-state index contributed by atoms with van der Waals surface area (Å²) in [7, 11) is 2.43. The fraction of sp³-hybridized carbons (Fsp3) is 0.214. The summed E-state index contributed by atoms with van der Waals surface area (Å²) in [4.78, 5) is 20.0. The second kappa shape index (κ2) is 6.78. The van der Waals surface area contributed by atoms with E-state index in [1.807, 2.05) is 0 Å². The lowest BCUT2D eigenvalue weighted by atomic mass is 10.0. The van der Waals surface area contributed by atoms with Gasteiger partial charge in [-0.3, -0.25) is 4.79 Å². The number of ketones is 1. The van der Waals surface area contributed by atoms with Crippen molar-refractivity contribution in [2.24, 2.45) is 0 Å². The number of aromatic nitrogens is 2. The first-order valence-corrected chi connectivity index (χ1v) is 6.87. The van der Waals surface area contributed by atoms with E-state index in [2.05, 4.69) is 25.9 Å². The van der Waals surface area contributed by atoms with E-state index in [4.69, 9.17) is 9.47 Å². The molecule has 1 aromatic carbocycles. The molecule has 0 unspecified atom stereocenters. The summed E-state index contributed by atoms with van der Waals surface area (Å²) in [5.41, 5.74) is -0.390. The SMILES string of the molecule is COc1cc(OC)c(F)c(C(=O)Cc2ccnc(Br)n2)c1F. The van der Waals surface area contributed by atoms with Crippen LogP contribution in [0.15, 0.2) is 23.1 Å². The third-order valence-corrected chi connectivity index (χ3v) is 3.26. The van der Waals surface area contributed by atoms with Gasteiger partial charge in [0.15, 0.2) is 33.7 Å². The van der Waals surface area contributed by atoms with Gasteiger partial charge in [-0.25, -0.2) is 18.7 Å². The summed E-state index contributed by atoms with van der Waals surface area (Å²) < 4.78 is 38.3. The molecule has 0 N–H and O–H groups in total. The highest BCUT2D eigenvalue weighted by Crippen LogP contribution is 2.31. The number of rotatable bonds is 5. The number of hydrogen-bond acceptors (Lipinski definition) is 5. The average molecular weight is 373 g/mol. The number of benzene rings is 1. The van der Waals surface area contributed by atoms with Crippen molar-refractivity contribution in [2.75, 3.05) is 14.2 Å². The first kappa shape index (κ1) is 16.3. The molecular formula is C14H11BrF2N2O3.